The van der Waals surface area contributed by atoms with Crippen LogP contribution in [-0.2, 0) is 13.0 Å². The van der Waals surface area contributed by atoms with Crippen molar-refractivity contribution in [3.63, 3.8) is 0 Å². The topological polar surface area (TPSA) is 52.0 Å². The zero-order valence-electron chi connectivity index (χ0n) is 8.75. The summed E-state index contributed by atoms with van der Waals surface area (Å²) in [5, 5.41) is 0. The van der Waals surface area contributed by atoms with Crippen molar-refractivity contribution in [3.8, 4) is 0 Å². The molecule has 3 heteroatoms. The Balaban J connectivity index is 2.21. The predicted octanol–water partition coefficient (Wildman–Crippen LogP) is 2.35. The highest BCUT2D eigenvalue weighted by molar-refractivity contribution is 5.12. The second kappa shape index (κ2) is 4.13. The number of aryl methyl sites for hydroxylation is 1. The molecule has 1 aromatic rings. The van der Waals surface area contributed by atoms with Crippen molar-refractivity contribution in [2.24, 2.45) is 5.73 Å². The van der Waals surface area contributed by atoms with E-state index in [9.17, 15) is 0 Å². The van der Waals surface area contributed by atoms with E-state index in [1.54, 1.807) is 0 Å². The van der Waals surface area contributed by atoms with Crippen LogP contribution in [0.5, 0.6) is 0 Å². The number of hydrogen-bond donors (Lipinski definition) is 1. The number of nitrogens with two attached hydrogens (primary N) is 1. The van der Waals surface area contributed by atoms with Crippen LogP contribution in [0.1, 0.15) is 55.9 Å². The summed E-state index contributed by atoms with van der Waals surface area (Å²) in [6.45, 7) is 2.57. The fraction of sp³-hybridized carbons (Fsp3) is 0.727. The molecule has 0 unspecified atom stereocenters. The van der Waals surface area contributed by atoms with E-state index in [1.807, 2.05) is 0 Å². The van der Waals surface area contributed by atoms with Gasteiger partial charge in [-0.15, -0.1) is 0 Å². The largest absolute Gasteiger partial charge is 0.444 e. The molecule has 0 atom stereocenters. The highest BCUT2D eigenvalue weighted by Gasteiger charge is 2.23. The summed E-state index contributed by atoms with van der Waals surface area (Å²) in [7, 11) is 0. The quantitative estimate of drug-likeness (QED) is 0.803. The Kier molecular flexibility index (Phi) is 2.87. The Labute approximate surface area is 84.7 Å². The number of aromatic nitrogens is 1. The minimum Gasteiger partial charge on any atom is -0.444 e. The molecule has 0 aliphatic heterocycles. The van der Waals surface area contributed by atoms with Crippen LogP contribution in [0.4, 0.5) is 0 Å². The first-order chi connectivity index (χ1) is 6.85. The molecule has 1 aliphatic rings. The van der Waals surface area contributed by atoms with E-state index in [0.717, 1.165) is 23.8 Å². The van der Waals surface area contributed by atoms with Gasteiger partial charge in [-0.25, -0.2) is 4.98 Å². The molecular formula is C11H18N2O. The van der Waals surface area contributed by atoms with Gasteiger partial charge in [-0.05, 0) is 19.3 Å². The number of rotatable bonds is 3. The molecule has 1 aromatic heterocycles. The summed E-state index contributed by atoms with van der Waals surface area (Å²) in [6, 6.07) is 0. The lowest BCUT2D eigenvalue weighted by Crippen LogP contribution is -1.97. The van der Waals surface area contributed by atoms with Crippen molar-refractivity contribution < 1.29 is 4.42 Å². The highest BCUT2D eigenvalue weighted by Crippen LogP contribution is 2.34. The molecule has 0 spiro atoms. The zero-order valence-corrected chi connectivity index (χ0v) is 8.75. The molecule has 0 aromatic carbocycles. The summed E-state index contributed by atoms with van der Waals surface area (Å²) >= 11 is 0. The van der Waals surface area contributed by atoms with Crippen LogP contribution in [0.15, 0.2) is 4.42 Å². The fourth-order valence-electron chi connectivity index (χ4n) is 2.19. The number of hydrogen-bond acceptors (Lipinski definition) is 3. The van der Waals surface area contributed by atoms with E-state index in [0.29, 0.717) is 12.5 Å². The average Bonchev–Trinajstić information content (AvgIpc) is 2.85. The maximum Gasteiger partial charge on any atom is 0.197 e. The van der Waals surface area contributed by atoms with Crippen LogP contribution in [0.25, 0.3) is 0 Å². The molecule has 3 nitrogen and oxygen atoms in total. The zero-order chi connectivity index (χ0) is 9.97. The van der Waals surface area contributed by atoms with Crippen molar-refractivity contribution in [1.29, 1.82) is 0 Å². The van der Waals surface area contributed by atoms with E-state index < -0.39 is 0 Å². The van der Waals surface area contributed by atoms with Crippen molar-refractivity contribution in [2.75, 3.05) is 0 Å². The van der Waals surface area contributed by atoms with Gasteiger partial charge in [0.25, 0.3) is 0 Å². The minimum atomic E-state index is 0.475. The van der Waals surface area contributed by atoms with Gasteiger partial charge in [0.2, 0.25) is 0 Å². The van der Waals surface area contributed by atoms with E-state index in [-0.39, 0.29) is 0 Å². The molecule has 1 saturated carbocycles. The van der Waals surface area contributed by atoms with Crippen molar-refractivity contribution in [2.45, 2.75) is 51.5 Å². The lowest BCUT2D eigenvalue weighted by Gasteiger charge is -2.01. The van der Waals surface area contributed by atoms with E-state index >= 15 is 0 Å². The second-order valence-electron chi connectivity index (χ2n) is 3.96. The summed E-state index contributed by atoms with van der Waals surface area (Å²) < 4.78 is 5.70. The molecule has 0 radical (unpaired) electrons. The summed E-state index contributed by atoms with van der Waals surface area (Å²) in [6.07, 6.45) is 6.00. The van der Waals surface area contributed by atoms with Crippen LogP contribution in [0, 0.1) is 0 Å². The van der Waals surface area contributed by atoms with Gasteiger partial charge >= 0.3 is 0 Å². The van der Waals surface area contributed by atoms with Crippen molar-refractivity contribution >= 4 is 0 Å². The Bertz CT molecular complexity index is 279. The third-order valence-corrected chi connectivity index (χ3v) is 3.02. The first-order valence-corrected chi connectivity index (χ1v) is 5.53. The Hall–Kier alpha value is -0.830. The van der Waals surface area contributed by atoms with Gasteiger partial charge in [-0.1, -0.05) is 19.8 Å². The molecule has 1 heterocycles. The predicted molar refractivity (Wildman–Crippen MR) is 55.0 cm³/mol. The molecule has 78 valence electrons. The van der Waals surface area contributed by atoms with Gasteiger partial charge in [-0.2, -0.15) is 0 Å². The van der Waals surface area contributed by atoms with Gasteiger partial charge in [0.05, 0.1) is 12.2 Å². The van der Waals surface area contributed by atoms with E-state index in [4.69, 9.17) is 10.2 Å². The van der Waals surface area contributed by atoms with Crippen molar-refractivity contribution in [3.05, 3.63) is 17.3 Å². The molecule has 1 aliphatic carbocycles. The normalized spacial score (nSPS) is 17.9. The van der Waals surface area contributed by atoms with Gasteiger partial charge in [0.15, 0.2) is 5.89 Å². The first kappa shape index (κ1) is 9.71. The van der Waals surface area contributed by atoms with Gasteiger partial charge in [-0.3, -0.25) is 0 Å². The maximum atomic E-state index is 5.70. The molecule has 14 heavy (non-hydrogen) atoms. The number of oxazole rings is 1. The Morgan fingerprint density at radius 3 is 2.64 bits per heavy atom. The first-order valence-electron chi connectivity index (χ1n) is 5.53. The molecule has 1 fully saturated rings. The Morgan fingerprint density at radius 2 is 2.14 bits per heavy atom. The summed E-state index contributed by atoms with van der Waals surface area (Å²) in [5.74, 6) is 2.37. The molecule has 2 rings (SSSR count). The van der Waals surface area contributed by atoms with Crippen molar-refractivity contribution in [1.82, 2.24) is 4.98 Å². The monoisotopic (exact) mass is 194 g/mol. The van der Waals surface area contributed by atoms with Crippen LogP contribution in [0.2, 0.25) is 0 Å². The molecule has 0 bridgehead atoms. The third-order valence-electron chi connectivity index (χ3n) is 3.02. The van der Waals surface area contributed by atoms with Crippen LogP contribution in [0.3, 0.4) is 0 Å². The van der Waals surface area contributed by atoms with E-state index in [1.165, 1.54) is 25.7 Å². The lowest BCUT2D eigenvalue weighted by molar-refractivity contribution is 0.419. The average molecular weight is 194 g/mol. The SMILES string of the molecule is CCc1nc(C2CCCC2)oc1CN. The molecule has 2 N–H and O–H groups in total. The van der Waals surface area contributed by atoms with Gasteiger partial charge in [0.1, 0.15) is 5.76 Å². The van der Waals surface area contributed by atoms with Gasteiger partial charge < -0.3 is 10.2 Å². The molecular weight excluding hydrogens is 176 g/mol. The summed E-state index contributed by atoms with van der Waals surface area (Å²) in [5.41, 5.74) is 6.65. The second-order valence-corrected chi connectivity index (χ2v) is 3.96. The number of nitrogens with zero attached hydrogens (tertiary/aromatic N) is 1. The standard InChI is InChI=1S/C11H18N2O/c1-2-9-10(7-12)14-11(13-9)8-5-3-4-6-8/h8H,2-7,12H2,1H3. The summed E-state index contributed by atoms with van der Waals surface area (Å²) in [4.78, 5) is 4.53. The fourth-order valence-corrected chi connectivity index (χ4v) is 2.19. The lowest BCUT2D eigenvalue weighted by atomic mass is 10.1. The van der Waals surface area contributed by atoms with E-state index in [2.05, 4.69) is 11.9 Å². The van der Waals surface area contributed by atoms with Crippen LogP contribution >= 0.6 is 0 Å². The third kappa shape index (κ3) is 1.69. The highest BCUT2D eigenvalue weighted by atomic mass is 16.4. The van der Waals surface area contributed by atoms with Crippen LogP contribution < -0.4 is 5.73 Å². The van der Waals surface area contributed by atoms with Crippen LogP contribution in [-0.4, -0.2) is 4.98 Å². The minimum absolute atomic E-state index is 0.475. The maximum absolute atomic E-state index is 5.70. The smallest absolute Gasteiger partial charge is 0.197 e. The molecule has 0 amide bonds. The van der Waals surface area contributed by atoms with Gasteiger partial charge in [0, 0.05) is 5.92 Å². The Morgan fingerprint density at radius 1 is 1.43 bits per heavy atom. The molecule has 0 saturated heterocycles.